The molecule has 1 aromatic heterocycles. The molecule has 2 fully saturated rings. The van der Waals surface area contributed by atoms with Gasteiger partial charge in [0, 0.05) is 49.0 Å². The van der Waals surface area contributed by atoms with E-state index < -0.39 is 0 Å². The number of benzene rings is 2. The molecule has 0 saturated carbocycles. The third-order valence-corrected chi connectivity index (χ3v) is 6.87. The van der Waals surface area contributed by atoms with Crippen LogP contribution < -0.4 is 10.2 Å². The Balaban J connectivity index is 1.44. The van der Waals surface area contributed by atoms with Gasteiger partial charge in [0.2, 0.25) is 0 Å². The molecule has 2 amide bonds. The molecule has 32 heavy (non-hydrogen) atoms. The molecule has 3 heterocycles. The summed E-state index contributed by atoms with van der Waals surface area (Å²) in [6, 6.07) is 16.6. The van der Waals surface area contributed by atoms with Crippen molar-refractivity contribution in [2.24, 2.45) is 0 Å². The number of carbonyl (C=O) groups is 2. The molecule has 2 aliphatic rings. The van der Waals surface area contributed by atoms with Crippen LogP contribution in [0.25, 0.3) is 28.1 Å². The minimum atomic E-state index is -0.345. The SMILES string of the molecule is CCN1CCN(c2ccc(-c3nccc4ccc(C=C5SC(=O)NC5=O)cc34)cc2)CC1. The second-order valence-electron chi connectivity index (χ2n) is 7.96. The van der Waals surface area contributed by atoms with Crippen LogP contribution in [0.2, 0.25) is 0 Å². The lowest BCUT2D eigenvalue weighted by atomic mass is 10.0. The molecule has 1 N–H and O–H groups in total. The molecule has 2 aliphatic heterocycles. The number of carbonyl (C=O) groups excluding carboxylic acids is 2. The van der Waals surface area contributed by atoms with Gasteiger partial charge in [0.05, 0.1) is 10.6 Å². The Morgan fingerprint density at radius 1 is 1.03 bits per heavy atom. The number of thioether (sulfide) groups is 1. The molecule has 0 bridgehead atoms. The fourth-order valence-corrected chi connectivity index (χ4v) is 4.91. The maximum Gasteiger partial charge on any atom is 0.290 e. The van der Waals surface area contributed by atoms with Gasteiger partial charge in [-0.15, -0.1) is 0 Å². The second-order valence-corrected chi connectivity index (χ2v) is 8.98. The number of pyridine rings is 1. The van der Waals surface area contributed by atoms with Crippen molar-refractivity contribution in [2.75, 3.05) is 37.6 Å². The van der Waals surface area contributed by atoms with E-state index in [1.165, 1.54) is 5.69 Å². The summed E-state index contributed by atoms with van der Waals surface area (Å²) >= 11 is 0.929. The molecule has 3 aromatic rings. The molecule has 0 atom stereocenters. The van der Waals surface area contributed by atoms with Gasteiger partial charge in [0.25, 0.3) is 11.1 Å². The highest BCUT2D eigenvalue weighted by molar-refractivity contribution is 8.18. The van der Waals surface area contributed by atoms with Crippen molar-refractivity contribution in [1.82, 2.24) is 15.2 Å². The Morgan fingerprint density at radius 2 is 1.81 bits per heavy atom. The van der Waals surface area contributed by atoms with Crippen molar-refractivity contribution in [1.29, 1.82) is 0 Å². The van der Waals surface area contributed by atoms with Crippen molar-refractivity contribution in [3.8, 4) is 11.3 Å². The molecule has 0 spiro atoms. The quantitative estimate of drug-likeness (QED) is 0.603. The molecular formula is C25H24N4O2S. The largest absolute Gasteiger partial charge is 0.369 e. The lowest BCUT2D eigenvalue weighted by Crippen LogP contribution is -2.46. The topological polar surface area (TPSA) is 65.5 Å². The van der Waals surface area contributed by atoms with Crippen molar-refractivity contribution in [3.63, 3.8) is 0 Å². The average molecular weight is 445 g/mol. The third kappa shape index (κ3) is 4.13. The zero-order valence-electron chi connectivity index (χ0n) is 17.9. The number of fused-ring (bicyclic) bond motifs is 1. The number of hydrogen-bond donors (Lipinski definition) is 1. The van der Waals surface area contributed by atoms with Gasteiger partial charge in [-0.05, 0) is 59.6 Å². The molecular weight excluding hydrogens is 420 g/mol. The highest BCUT2D eigenvalue weighted by Gasteiger charge is 2.25. The van der Waals surface area contributed by atoms with Gasteiger partial charge in [-0.2, -0.15) is 0 Å². The lowest BCUT2D eigenvalue weighted by Gasteiger charge is -2.35. The Morgan fingerprint density at radius 3 is 2.50 bits per heavy atom. The van der Waals surface area contributed by atoms with Crippen LogP contribution in [-0.2, 0) is 4.79 Å². The summed E-state index contributed by atoms with van der Waals surface area (Å²) in [4.78, 5) is 33.3. The van der Waals surface area contributed by atoms with Gasteiger partial charge in [-0.25, -0.2) is 0 Å². The maximum absolute atomic E-state index is 11.9. The first kappa shape index (κ1) is 20.7. The number of likely N-dealkylation sites (N-methyl/N-ethyl adjacent to an activating group) is 1. The molecule has 162 valence electrons. The Bertz CT molecular complexity index is 1210. The predicted octanol–water partition coefficient (Wildman–Crippen LogP) is 4.37. The first-order valence-electron chi connectivity index (χ1n) is 10.8. The Kier molecular flexibility index (Phi) is 5.68. The highest BCUT2D eigenvalue weighted by Crippen LogP contribution is 2.31. The highest BCUT2D eigenvalue weighted by atomic mass is 32.2. The number of amides is 2. The summed E-state index contributed by atoms with van der Waals surface area (Å²) in [6.45, 7) is 7.62. The first-order valence-corrected chi connectivity index (χ1v) is 11.6. The van der Waals surface area contributed by atoms with Gasteiger partial charge in [-0.3, -0.25) is 19.9 Å². The Hall–Kier alpha value is -3.16. The minimum absolute atomic E-state index is 0.333. The van der Waals surface area contributed by atoms with Gasteiger partial charge in [0.15, 0.2) is 0 Å². The van der Waals surface area contributed by atoms with Crippen molar-refractivity contribution in [2.45, 2.75) is 6.92 Å². The molecule has 0 aliphatic carbocycles. The Labute approximate surface area is 191 Å². The van der Waals surface area contributed by atoms with E-state index in [0.29, 0.717) is 4.91 Å². The van der Waals surface area contributed by atoms with E-state index in [0.717, 1.165) is 72.1 Å². The average Bonchev–Trinajstić information content (AvgIpc) is 3.15. The van der Waals surface area contributed by atoms with Crippen molar-refractivity contribution >= 4 is 45.4 Å². The van der Waals surface area contributed by atoms with Gasteiger partial charge in [0.1, 0.15) is 0 Å². The van der Waals surface area contributed by atoms with Crippen LogP contribution in [0.15, 0.2) is 59.6 Å². The number of anilines is 1. The van der Waals surface area contributed by atoms with E-state index in [1.54, 1.807) is 6.08 Å². The van der Waals surface area contributed by atoms with E-state index in [9.17, 15) is 9.59 Å². The summed E-state index contributed by atoms with van der Waals surface area (Å²) in [7, 11) is 0. The van der Waals surface area contributed by atoms with E-state index >= 15 is 0 Å². The zero-order valence-corrected chi connectivity index (χ0v) is 18.7. The number of rotatable bonds is 4. The molecule has 7 heteroatoms. The molecule has 6 nitrogen and oxygen atoms in total. The third-order valence-electron chi connectivity index (χ3n) is 6.06. The number of nitrogens with zero attached hydrogens (tertiary/aromatic N) is 3. The monoisotopic (exact) mass is 444 g/mol. The zero-order chi connectivity index (χ0) is 22.1. The molecule has 2 aromatic carbocycles. The normalized spacial score (nSPS) is 18.5. The number of imide groups is 1. The summed E-state index contributed by atoms with van der Waals surface area (Å²) in [5.41, 5.74) is 4.07. The van der Waals surface area contributed by atoms with Crippen LogP contribution >= 0.6 is 11.8 Å². The van der Waals surface area contributed by atoms with Crippen LogP contribution in [-0.4, -0.2) is 53.8 Å². The minimum Gasteiger partial charge on any atom is -0.369 e. The lowest BCUT2D eigenvalue weighted by molar-refractivity contribution is -0.115. The molecule has 2 saturated heterocycles. The number of aromatic nitrogens is 1. The van der Waals surface area contributed by atoms with Gasteiger partial charge in [-0.1, -0.05) is 31.2 Å². The smallest absolute Gasteiger partial charge is 0.290 e. The second kappa shape index (κ2) is 8.76. The van der Waals surface area contributed by atoms with Gasteiger partial charge >= 0.3 is 0 Å². The van der Waals surface area contributed by atoms with Crippen LogP contribution in [0.5, 0.6) is 0 Å². The van der Waals surface area contributed by atoms with Crippen LogP contribution in [0.1, 0.15) is 12.5 Å². The molecule has 5 rings (SSSR count). The van der Waals surface area contributed by atoms with Crippen LogP contribution in [0.4, 0.5) is 10.5 Å². The van der Waals surface area contributed by atoms with Crippen LogP contribution in [0.3, 0.4) is 0 Å². The summed E-state index contributed by atoms with van der Waals surface area (Å²) < 4.78 is 0. The number of hydrogen-bond acceptors (Lipinski definition) is 6. The fourth-order valence-electron chi connectivity index (χ4n) is 4.23. The predicted molar refractivity (Wildman–Crippen MR) is 131 cm³/mol. The number of nitrogens with one attached hydrogen (secondary N) is 1. The van der Waals surface area contributed by atoms with E-state index in [4.69, 9.17) is 0 Å². The molecule has 0 radical (unpaired) electrons. The summed E-state index contributed by atoms with van der Waals surface area (Å²) in [5, 5.41) is 4.06. The fraction of sp³-hybridized carbons (Fsp3) is 0.240. The summed E-state index contributed by atoms with van der Waals surface area (Å²) in [6.07, 6.45) is 3.58. The molecule has 0 unspecified atom stereocenters. The first-order chi connectivity index (χ1) is 15.6. The van der Waals surface area contributed by atoms with Crippen molar-refractivity contribution in [3.05, 3.63) is 65.2 Å². The standard InChI is InChI=1S/C25H24N4O2S/c1-2-28-11-13-29(14-12-28)20-7-5-19(6-8-20)23-21-15-17(3-4-18(21)9-10-26-23)16-22-24(30)27-25(31)32-22/h3-10,15-16H,2,11-14H2,1H3,(H,27,30,31). The van der Waals surface area contributed by atoms with Crippen molar-refractivity contribution < 1.29 is 9.59 Å². The summed E-state index contributed by atoms with van der Waals surface area (Å²) in [5.74, 6) is -0.345. The van der Waals surface area contributed by atoms with E-state index in [1.807, 2.05) is 30.5 Å². The van der Waals surface area contributed by atoms with Gasteiger partial charge < -0.3 is 9.80 Å². The number of piperazine rings is 1. The maximum atomic E-state index is 11.9. The van der Waals surface area contributed by atoms with E-state index in [2.05, 4.69) is 51.3 Å². The van der Waals surface area contributed by atoms with E-state index in [-0.39, 0.29) is 11.1 Å². The van der Waals surface area contributed by atoms with Crippen LogP contribution in [0, 0.1) is 0 Å².